The molecular formula is C15H17F2N5O4S. The summed E-state index contributed by atoms with van der Waals surface area (Å²) in [6.45, 7) is 2.48. The monoisotopic (exact) mass is 401 g/mol. The Bertz CT molecular complexity index is 977. The minimum absolute atomic E-state index is 0.00822. The Morgan fingerprint density at radius 3 is 2.70 bits per heavy atom. The zero-order valence-corrected chi connectivity index (χ0v) is 15.1. The number of nitro benzene ring substituents is 1. The molecule has 1 aliphatic heterocycles. The molecule has 2 heterocycles. The minimum atomic E-state index is -4.93. The fourth-order valence-electron chi connectivity index (χ4n) is 3.01. The Kier molecular flexibility index (Phi) is 5.09. The fraction of sp³-hybridized carbons (Fsp3) is 0.467. The molecule has 12 heteroatoms. The lowest BCUT2D eigenvalue weighted by Gasteiger charge is -2.19. The van der Waals surface area contributed by atoms with Crippen molar-refractivity contribution in [3.63, 3.8) is 0 Å². The van der Waals surface area contributed by atoms with Gasteiger partial charge in [0.25, 0.3) is 5.69 Å². The number of halogens is 2. The third-order valence-corrected chi connectivity index (χ3v) is 5.76. The van der Waals surface area contributed by atoms with Crippen LogP contribution in [0.2, 0.25) is 0 Å². The number of nitro groups is 1. The molecule has 1 N–H and O–H groups in total. The van der Waals surface area contributed by atoms with Crippen molar-refractivity contribution >= 4 is 21.2 Å². The average Bonchev–Trinajstić information content (AvgIpc) is 3.05. The zero-order valence-electron chi connectivity index (χ0n) is 14.3. The molecule has 3 rings (SSSR count). The van der Waals surface area contributed by atoms with E-state index in [2.05, 4.69) is 15.5 Å². The van der Waals surface area contributed by atoms with Crippen LogP contribution in [0.4, 0.5) is 20.2 Å². The van der Waals surface area contributed by atoms with E-state index in [1.54, 1.807) is 6.92 Å². The Balaban J connectivity index is 1.93. The summed E-state index contributed by atoms with van der Waals surface area (Å²) >= 11 is 0. The van der Waals surface area contributed by atoms with Crippen LogP contribution in [0.15, 0.2) is 23.1 Å². The first-order valence-electron chi connectivity index (χ1n) is 8.21. The summed E-state index contributed by atoms with van der Waals surface area (Å²) in [4.78, 5) is 9.70. The molecule has 0 amide bonds. The van der Waals surface area contributed by atoms with Crippen LogP contribution in [0.5, 0.6) is 0 Å². The maximum absolute atomic E-state index is 12.7. The van der Waals surface area contributed by atoms with Gasteiger partial charge in [0, 0.05) is 19.0 Å². The maximum atomic E-state index is 12.7. The van der Waals surface area contributed by atoms with E-state index in [0.29, 0.717) is 11.9 Å². The van der Waals surface area contributed by atoms with Crippen LogP contribution < -0.4 is 5.32 Å². The third kappa shape index (κ3) is 3.61. The lowest BCUT2D eigenvalue weighted by atomic mass is 10.1. The summed E-state index contributed by atoms with van der Waals surface area (Å²) in [6.07, 6.45) is 2.80. The second-order valence-electron chi connectivity index (χ2n) is 6.19. The molecular weight excluding hydrogens is 384 g/mol. The van der Waals surface area contributed by atoms with Gasteiger partial charge in [0.05, 0.1) is 15.9 Å². The average molecular weight is 401 g/mol. The first-order valence-corrected chi connectivity index (χ1v) is 9.75. The van der Waals surface area contributed by atoms with Gasteiger partial charge in [0.15, 0.2) is 5.82 Å². The highest BCUT2D eigenvalue weighted by Gasteiger charge is 2.30. The number of rotatable bonds is 6. The van der Waals surface area contributed by atoms with Gasteiger partial charge in [-0.2, -0.15) is 8.78 Å². The van der Waals surface area contributed by atoms with Crippen LogP contribution in [0.1, 0.15) is 37.5 Å². The second-order valence-corrected chi connectivity index (χ2v) is 8.11. The molecule has 0 fully saturated rings. The number of nitrogens with one attached hydrogen (secondary N) is 1. The molecule has 0 spiro atoms. The van der Waals surface area contributed by atoms with Crippen molar-refractivity contribution < 1.29 is 22.1 Å². The molecule has 27 heavy (non-hydrogen) atoms. The number of aromatic nitrogens is 3. The lowest BCUT2D eigenvalue weighted by Crippen LogP contribution is -2.18. The van der Waals surface area contributed by atoms with Crippen LogP contribution in [-0.2, 0) is 22.8 Å². The lowest BCUT2D eigenvalue weighted by molar-refractivity contribution is -0.384. The molecule has 1 aliphatic rings. The Hall–Kier alpha value is -2.63. The standard InChI is InChI=1S/C15H17F2N5O4S/c1-9(14-20-19-13-4-2-3-7-21(13)14)18-11-6-5-10(8-12(11)22(23)24)27(25,26)15(16)17/h5-6,8-9,15,18H,2-4,7H2,1H3. The van der Waals surface area contributed by atoms with Gasteiger partial charge >= 0.3 is 5.76 Å². The number of hydrogen-bond donors (Lipinski definition) is 1. The number of fused-ring (bicyclic) bond motifs is 1. The van der Waals surface area contributed by atoms with E-state index in [0.717, 1.165) is 43.8 Å². The van der Waals surface area contributed by atoms with E-state index in [1.165, 1.54) is 0 Å². The van der Waals surface area contributed by atoms with Crippen LogP contribution in [0.25, 0.3) is 0 Å². The first-order chi connectivity index (χ1) is 12.7. The number of benzene rings is 1. The largest absolute Gasteiger partial charge is 0.370 e. The molecule has 1 atom stereocenters. The SMILES string of the molecule is CC(Nc1ccc(S(=O)(=O)C(F)F)cc1[N+](=O)[O-])c1nnc2n1CCCC2. The van der Waals surface area contributed by atoms with E-state index in [1.807, 2.05) is 4.57 Å². The summed E-state index contributed by atoms with van der Waals surface area (Å²) in [5, 5.41) is 22.5. The molecule has 0 bridgehead atoms. The summed E-state index contributed by atoms with van der Waals surface area (Å²) in [5.74, 6) is -2.21. The minimum Gasteiger partial charge on any atom is -0.370 e. The molecule has 0 saturated heterocycles. The van der Waals surface area contributed by atoms with Crippen LogP contribution in [0.3, 0.4) is 0 Å². The van der Waals surface area contributed by atoms with Crippen molar-refractivity contribution in [3.05, 3.63) is 40.0 Å². The van der Waals surface area contributed by atoms with Crippen LogP contribution in [-0.4, -0.2) is 33.9 Å². The molecule has 0 aliphatic carbocycles. The van der Waals surface area contributed by atoms with Gasteiger partial charge in [-0.05, 0) is 31.9 Å². The smallest absolute Gasteiger partial charge is 0.341 e. The van der Waals surface area contributed by atoms with Gasteiger partial charge in [0.1, 0.15) is 11.5 Å². The van der Waals surface area contributed by atoms with Crippen molar-refractivity contribution in [3.8, 4) is 0 Å². The molecule has 0 radical (unpaired) electrons. The van der Waals surface area contributed by atoms with Crippen molar-refractivity contribution in [1.82, 2.24) is 14.8 Å². The first kappa shape index (κ1) is 19.1. The quantitative estimate of drug-likeness (QED) is 0.583. The summed E-state index contributed by atoms with van der Waals surface area (Å²) in [7, 11) is -4.93. The zero-order chi connectivity index (χ0) is 19.8. The molecule has 1 aromatic heterocycles. The number of nitrogens with zero attached hydrogens (tertiary/aromatic N) is 4. The van der Waals surface area contributed by atoms with Crippen LogP contribution >= 0.6 is 0 Å². The van der Waals surface area contributed by atoms with Crippen molar-refractivity contribution in [2.45, 2.75) is 49.4 Å². The fourth-order valence-corrected chi connectivity index (χ4v) is 3.75. The molecule has 146 valence electrons. The van der Waals surface area contributed by atoms with E-state index in [9.17, 15) is 27.3 Å². The van der Waals surface area contributed by atoms with Crippen LogP contribution in [0, 0.1) is 10.1 Å². The van der Waals surface area contributed by atoms with Gasteiger partial charge in [-0.25, -0.2) is 8.42 Å². The van der Waals surface area contributed by atoms with Gasteiger partial charge < -0.3 is 9.88 Å². The van der Waals surface area contributed by atoms with Gasteiger partial charge in [-0.1, -0.05) is 0 Å². The van der Waals surface area contributed by atoms with Crippen molar-refractivity contribution in [2.75, 3.05) is 5.32 Å². The molecule has 2 aromatic rings. The topological polar surface area (TPSA) is 120 Å². The predicted molar refractivity (Wildman–Crippen MR) is 91.3 cm³/mol. The highest BCUT2D eigenvalue weighted by Crippen LogP contribution is 2.32. The highest BCUT2D eigenvalue weighted by molar-refractivity contribution is 7.91. The van der Waals surface area contributed by atoms with Gasteiger partial charge in [-0.15, -0.1) is 10.2 Å². The van der Waals surface area contributed by atoms with E-state index < -0.39 is 37.1 Å². The third-order valence-electron chi connectivity index (χ3n) is 4.38. The molecule has 1 unspecified atom stereocenters. The number of anilines is 1. The van der Waals surface area contributed by atoms with E-state index in [4.69, 9.17) is 0 Å². The number of alkyl halides is 2. The van der Waals surface area contributed by atoms with E-state index >= 15 is 0 Å². The number of hydrogen-bond acceptors (Lipinski definition) is 7. The maximum Gasteiger partial charge on any atom is 0.341 e. The molecule has 0 saturated carbocycles. The number of aryl methyl sites for hydroxylation is 1. The Morgan fingerprint density at radius 1 is 1.30 bits per heavy atom. The summed E-state index contributed by atoms with van der Waals surface area (Å²) in [5.41, 5.74) is -0.601. The second kappa shape index (κ2) is 7.18. The van der Waals surface area contributed by atoms with E-state index in [-0.39, 0.29) is 5.69 Å². The van der Waals surface area contributed by atoms with Gasteiger partial charge in [-0.3, -0.25) is 10.1 Å². The van der Waals surface area contributed by atoms with Crippen molar-refractivity contribution in [1.29, 1.82) is 0 Å². The predicted octanol–water partition coefficient (Wildman–Crippen LogP) is 2.69. The number of sulfone groups is 1. The molecule has 1 aromatic carbocycles. The summed E-state index contributed by atoms with van der Waals surface area (Å²) < 4.78 is 50.5. The van der Waals surface area contributed by atoms with Gasteiger partial charge in [0.2, 0.25) is 9.84 Å². The normalized spacial score (nSPS) is 15.4. The molecule has 9 nitrogen and oxygen atoms in total. The van der Waals surface area contributed by atoms with Crippen molar-refractivity contribution in [2.24, 2.45) is 0 Å². The Labute approximate surface area is 153 Å². The Morgan fingerprint density at radius 2 is 2.04 bits per heavy atom. The highest BCUT2D eigenvalue weighted by atomic mass is 32.2. The summed E-state index contributed by atoms with van der Waals surface area (Å²) in [6, 6.07) is 2.20.